The first-order chi connectivity index (χ1) is 6.45. The zero-order valence-corrected chi connectivity index (χ0v) is 7.32. The SMILES string of the molecule is O=C([C@H](O)[C@H](O)CO)[C@H](O)[C@H](O)CO. The molecule has 0 aliphatic rings. The third kappa shape index (κ3) is 3.29. The van der Waals surface area contributed by atoms with Gasteiger partial charge >= 0.3 is 0 Å². The van der Waals surface area contributed by atoms with E-state index in [0.717, 1.165) is 0 Å². The van der Waals surface area contributed by atoms with Crippen LogP contribution in [0.5, 0.6) is 0 Å². The monoisotopic (exact) mass is 210 g/mol. The Hall–Kier alpha value is -0.570. The summed E-state index contributed by atoms with van der Waals surface area (Å²) in [5, 5.41) is 52.4. The highest BCUT2D eigenvalue weighted by atomic mass is 16.4. The number of aliphatic hydroxyl groups excluding tert-OH is 6. The molecule has 7 heteroatoms. The molecule has 0 aromatic heterocycles. The Bertz CT molecular complexity index is 165. The van der Waals surface area contributed by atoms with Gasteiger partial charge in [-0.1, -0.05) is 0 Å². The van der Waals surface area contributed by atoms with Crippen LogP contribution >= 0.6 is 0 Å². The summed E-state index contributed by atoms with van der Waals surface area (Å²) >= 11 is 0. The fourth-order valence-corrected chi connectivity index (χ4v) is 0.754. The summed E-state index contributed by atoms with van der Waals surface area (Å²) in [4.78, 5) is 11.0. The van der Waals surface area contributed by atoms with Crippen molar-refractivity contribution in [1.29, 1.82) is 0 Å². The molecular formula is C7H14O7. The topological polar surface area (TPSA) is 138 Å². The Morgan fingerprint density at radius 2 is 1.14 bits per heavy atom. The van der Waals surface area contributed by atoms with Crippen LogP contribution in [-0.2, 0) is 4.79 Å². The lowest BCUT2D eigenvalue weighted by Crippen LogP contribution is -2.47. The van der Waals surface area contributed by atoms with Crippen molar-refractivity contribution in [3.63, 3.8) is 0 Å². The zero-order chi connectivity index (χ0) is 11.3. The van der Waals surface area contributed by atoms with Crippen molar-refractivity contribution < 1.29 is 35.4 Å². The molecular weight excluding hydrogens is 196 g/mol. The van der Waals surface area contributed by atoms with Gasteiger partial charge in [-0.05, 0) is 0 Å². The Morgan fingerprint density at radius 1 is 0.857 bits per heavy atom. The number of rotatable bonds is 6. The molecule has 0 spiro atoms. The molecule has 0 amide bonds. The van der Waals surface area contributed by atoms with Crippen molar-refractivity contribution >= 4 is 5.78 Å². The highest BCUT2D eigenvalue weighted by Crippen LogP contribution is 2.02. The van der Waals surface area contributed by atoms with E-state index in [1.807, 2.05) is 0 Å². The lowest BCUT2D eigenvalue weighted by Gasteiger charge is -2.20. The van der Waals surface area contributed by atoms with E-state index < -0.39 is 43.4 Å². The highest BCUT2D eigenvalue weighted by molar-refractivity contribution is 5.88. The lowest BCUT2D eigenvalue weighted by atomic mass is 10.0. The Balaban J connectivity index is 4.31. The van der Waals surface area contributed by atoms with E-state index in [0.29, 0.717) is 0 Å². The molecule has 0 saturated carbocycles. The number of ketones is 1. The van der Waals surface area contributed by atoms with Gasteiger partial charge in [0.05, 0.1) is 13.2 Å². The quantitative estimate of drug-likeness (QED) is 0.262. The van der Waals surface area contributed by atoms with Gasteiger partial charge in [-0.2, -0.15) is 0 Å². The molecule has 0 rings (SSSR count). The number of Topliss-reactive ketones (excluding diaryl/α,β-unsaturated/α-hetero) is 1. The van der Waals surface area contributed by atoms with Crippen molar-refractivity contribution in [3.05, 3.63) is 0 Å². The van der Waals surface area contributed by atoms with Crippen molar-refractivity contribution in [2.45, 2.75) is 24.4 Å². The molecule has 0 aliphatic heterocycles. The average Bonchev–Trinajstić information content (AvgIpc) is 2.23. The van der Waals surface area contributed by atoms with Crippen LogP contribution in [0.4, 0.5) is 0 Å². The van der Waals surface area contributed by atoms with Crippen LogP contribution in [0.3, 0.4) is 0 Å². The van der Waals surface area contributed by atoms with Gasteiger partial charge in [0.25, 0.3) is 0 Å². The van der Waals surface area contributed by atoms with E-state index in [4.69, 9.17) is 30.6 Å². The minimum atomic E-state index is -1.99. The maximum Gasteiger partial charge on any atom is 0.195 e. The van der Waals surface area contributed by atoms with Crippen LogP contribution in [0.25, 0.3) is 0 Å². The van der Waals surface area contributed by atoms with Crippen LogP contribution in [0.1, 0.15) is 0 Å². The second-order valence-electron chi connectivity index (χ2n) is 2.79. The van der Waals surface area contributed by atoms with Gasteiger partial charge < -0.3 is 30.6 Å². The molecule has 0 saturated heterocycles. The van der Waals surface area contributed by atoms with E-state index >= 15 is 0 Å². The summed E-state index contributed by atoms with van der Waals surface area (Å²) in [6.45, 7) is -1.70. The van der Waals surface area contributed by atoms with E-state index in [2.05, 4.69) is 0 Å². The highest BCUT2D eigenvalue weighted by Gasteiger charge is 2.32. The minimum absolute atomic E-state index is 0.852. The van der Waals surface area contributed by atoms with E-state index in [-0.39, 0.29) is 0 Å². The molecule has 0 heterocycles. The van der Waals surface area contributed by atoms with Gasteiger partial charge in [-0.15, -0.1) is 0 Å². The predicted octanol–water partition coefficient (Wildman–Crippen LogP) is -4.02. The second-order valence-corrected chi connectivity index (χ2v) is 2.79. The summed E-state index contributed by atoms with van der Waals surface area (Å²) in [7, 11) is 0. The molecule has 0 aliphatic carbocycles. The van der Waals surface area contributed by atoms with E-state index in [1.54, 1.807) is 0 Å². The number of aliphatic hydroxyl groups is 6. The third-order valence-electron chi connectivity index (χ3n) is 1.69. The molecule has 0 aromatic carbocycles. The van der Waals surface area contributed by atoms with Gasteiger partial charge in [0.2, 0.25) is 0 Å². The molecule has 7 nitrogen and oxygen atoms in total. The first-order valence-electron chi connectivity index (χ1n) is 3.93. The molecule has 6 N–H and O–H groups in total. The Morgan fingerprint density at radius 3 is 1.36 bits per heavy atom. The summed E-state index contributed by atoms with van der Waals surface area (Å²) in [5.74, 6) is -1.26. The largest absolute Gasteiger partial charge is 0.394 e. The van der Waals surface area contributed by atoms with Crippen molar-refractivity contribution in [3.8, 4) is 0 Å². The fourth-order valence-electron chi connectivity index (χ4n) is 0.754. The van der Waals surface area contributed by atoms with Crippen LogP contribution in [-0.4, -0.2) is 74.1 Å². The third-order valence-corrected chi connectivity index (χ3v) is 1.69. The molecule has 0 fully saturated rings. The van der Waals surface area contributed by atoms with Crippen LogP contribution in [0.15, 0.2) is 0 Å². The summed E-state index contributed by atoms with van der Waals surface area (Å²) in [6, 6.07) is 0. The normalized spacial score (nSPS) is 19.9. The first kappa shape index (κ1) is 13.4. The lowest BCUT2D eigenvalue weighted by molar-refractivity contribution is -0.150. The van der Waals surface area contributed by atoms with E-state index in [1.165, 1.54) is 0 Å². The molecule has 14 heavy (non-hydrogen) atoms. The average molecular weight is 210 g/mol. The van der Waals surface area contributed by atoms with Gasteiger partial charge in [-0.3, -0.25) is 4.79 Å². The smallest absolute Gasteiger partial charge is 0.195 e. The second kappa shape index (κ2) is 6.02. The molecule has 4 atom stereocenters. The van der Waals surface area contributed by atoms with Crippen molar-refractivity contribution in [2.75, 3.05) is 13.2 Å². The maximum absolute atomic E-state index is 11.0. The maximum atomic E-state index is 11.0. The van der Waals surface area contributed by atoms with Gasteiger partial charge in [0.15, 0.2) is 5.78 Å². The molecule has 0 radical (unpaired) electrons. The minimum Gasteiger partial charge on any atom is -0.394 e. The number of carbonyl (C=O) groups excluding carboxylic acids is 1. The molecule has 84 valence electrons. The Labute approximate surface area is 79.9 Å². The van der Waals surface area contributed by atoms with Crippen molar-refractivity contribution in [2.24, 2.45) is 0 Å². The fraction of sp³-hybridized carbons (Fsp3) is 0.857. The summed E-state index contributed by atoms with van der Waals surface area (Å²) in [5.41, 5.74) is 0. The van der Waals surface area contributed by atoms with E-state index in [9.17, 15) is 4.79 Å². The zero-order valence-electron chi connectivity index (χ0n) is 7.32. The summed E-state index contributed by atoms with van der Waals surface area (Å²) in [6.07, 6.45) is -7.42. The van der Waals surface area contributed by atoms with Crippen LogP contribution in [0.2, 0.25) is 0 Å². The molecule has 0 aromatic rings. The van der Waals surface area contributed by atoms with Gasteiger partial charge in [0, 0.05) is 0 Å². The molecule has 0 bridgehead atoms. The number of hydrogen-bond acceptors (Lipinski definition) is 7. The van der Waals surface area contributed by atoms with Crippen LogP contribution < -0.4 is 0 Å². The van der Waals surface area contributed by atoms with Crippen molar-refractivity contribution in [1.82, 2.24) is 0 Å². The summed E-state index contributed by atoms with van der Waals surface area (Å²) < 4.78 is 0. The number of hydrogen-bond donors (Lipinski definition) is 6. The van der Waals surface area contributed by atoms with Crippen LogP contribution in [0, 0.1) is 0 Å². The first-order valence-corrected chi connectivity index (χ1v) is 3.93. The van der Waals surface area contributed by atoms with Gasteiger partial charge in [0.1, 0.15) is 24.4 Å². The Kier molecular flexibility index (Phi) is 5.77. The predicted molar refractivity (Wildman–Crippen MR) is 43.2 cm³/mol. The standard InChI is InChI=1S/C7H14O7/c8-1-3(10)5(12)7(14)6(13)4(11)2-9/h3-6,8-13H,1-2H2/t3-,4-,5-,6-/m1/s1. The van der Waals surface area contributed by atoms with Gasteiger partial charge in [-0.25, -0.2) is 0 Å². The molecule has 0 unspecified atom stereocenters. The number of carbonyl (C=O) groups is 1.